The molecule has 288 valence electrons. The van der Waals surface area contributed by atoms with Crippen LogP contribution in [0.15, 0.2) is 60.8 Å². The predicted molar refractivity (Wildman–Crippen MR) is 214 cm³/mol. The zero-order valence-corrected chi connectivity index (χ0v) is 32.6. The van der Waals surface area contributed by atoms with E-state index in [-0.39, 0.29) is 25.2 Å². The summed E-state index contributed by atoms with van der Waals surface area (Å²) in [4.78, 5) is 24.3. The largest absolute Gasteiger partial charge is 0.462 e. The van der Waals surface area contributed by atoms with E-state index in [9.17, 15) is 14.7 Å². The van der Waals surface area contributed by atoms with Gasteiger partial charge in [0.2, 0.25) is 0 Å². The average molecular weight is 699 g/mol. The highest BCUT2D eigenvalue weighted by molar-refractivity contribution is 5.70. The van der Waals surface area contributed by atoms with Gasteiger partial charge in [-0.1, -0.05) is 164 Å². The Hall–Kier alpha value is -2.40. The normalized spacial score (nSPS) is 12.8. The van der Waals surface area contributed by atoms with Crippen LogP contribution in [0.25, 0.3) is 0 Å². The van der Waals surface area contributed by atoms with Crippen molar-refractivity contribution in [2.75, 3.05) is 13.2 Å². The summed E-state index contributed by atoms with van der Waals surface area (Å²) >= 11 is 0. The second-order valence-electron chi connectivity index (χ2n) is 13.7. The molecule has 1 unspecified atom stereocenters. The molecule has 0 aliphatic carbocycles. The van der Waals surface area contributed by atoms with Gasteiger partial charge in [-0.3, -0.25) is 9.59 Å². The summed E-state index contributed by atoms with van der Waals surface area (Å²) in [5, 5.41) is 9.57. The minimum absolute atomic E-state index is 0.0738. The third-order valence-electron chi connectivity index (χ3n) is 8.80. The van der Waals surface area contributed by atoms with Crippen LogP contribution in [-0.2, 0) is 19.1 Å². The number of hydrogen-bond donors (Lipinski definition) is 1. The van der Waals surface area contributed by atoms with Crippen molar-refractivity contribution < 1.29 is 24.2 Å². The summed E-state index contributed by atoms with van der Waals surface area (Å²) in [5.74, 6) is -0.608. The van der Waals surface area contributed by atoms with E-state index in [2.05, 4.69) is 74.6 Å². The first kappa shape index (κ1) is 47.6. The summed E-state index contributed by atoms with van der Waals surface area (Å²) in [6.45, 7) is 3.99. The molecular formula is C45H78O5. The molecule has 0 aliphatic rings. The van der Waals surface area contributed by atoms with Gasteiger partial charge in [-0.15, -0.1) is 0 Å². The van der Waals surface area contributed by atoms with Crippen molar-refractivity contribution in [3.05, 3.63) is 60.8 Å². The number of carbonyl (C=O) groups is 2. The maximum absolute atomic E-state index is 12.2. The van der Waals surface area contributed by atoms with Crippen LogP contribution in [0, 0.1) is 0 Å². The van der Waals surface area contributed by atoms with Gasteiger partial charge in [-0.25, -0.2) is 0 Å². The quantitative estimate of drug-likeness (QED) is 0.0397. The van der Waals surface area contributed by atoms with E-state index in [0.29, 0.717) is 12.8 Å². The van der Waals surface area contributed by atoms with Gasteiger partial charge in [0, 0.05) is 12.8 Å². The summed E-state index contributed by atoms with van der Waals surface area (Å²) in [7, 11) is 0. The zero-order valence-electron chi connectivity index (χ0n) is 32.6. The molecule has 0 rings (SSSR count). The zero-order chi connectivity index (χ0) is 36.4. The molecule has 0 saturated heterocycles. The van der Waals surface area contributed by atoms with Gasteiger partial charge in [0.15, 0.2) is 6.10 Å². The highest BCUT2D eigenvalue weighted by atomic mass is 16.6. The van der Waals surface area contributed by atoms with E-state index in [1.807, 2.05) is 0 Å². The third kappa shape index (κ3) is 38.4. The topological polar surface area (TPSA) is 72.8 Å². The summed E-state index contributed by atoms with van der Waals surface area (Å²) in [5.41, 5.74) is 0. The minimum Gasteiger partial charge on any atom is -0.462 e. The van der Waals surface area contributed by atoms with Crippen molar-refractivity contribution in [3.63, 3.8) is 0 Å². The van der Waals surface area contributed by atoms with E-state index in [1.54, 1.807) is 0 Å². The van der Waals surface area contributed by atoms with Crippen LogP contribution in [-0.4, -0.2) is 36.4 Å². The number of carbonyl (C=O) groups excluding carboxylic acids is 2. The standard InChI is InChI=1S/C45H78O5/c1-3-5-7-9-11-13-15-17-19-21-22-24-25-27-29-31-33-35-37-39-44(47)49-42-43(41-46)50-45(48)40-38-36-34-32-30-28-26-23-20-18-16-14-12-10-8-6-4-2/h6,8,11-14,17-20,43,46H,3-5,7,9-10,15-16,21-42H2,1-2H3/b8-6-,13-11-,14-12-,19-17-,20-18-. The molecule has 0 saturated carbocycles. The smallest absolute Gasteiger partial charge is 0.306 e. The van der Waals surface area contributed by atoms with Crippen molar-refractivity contribution in [1.82, 2.24) is 0 Å². The Kier molecular flexibility index (Phi) is 39.1. The Balaban J connectivity index is 3.57. The molecule has 0 aliphatic heterocycles. The molecule has 1 N–H and O–H groups in total. The van der Waals surface area contributed by atoms with Crippen molar-refractivity contribution >= 4 is 11.9 Å². The van der Waals surface area contributed by atoms with Crippen LogP contribution < -0.4 is 0 Å². The predicted octanol–water partition coefficient (Wildman–Crippen LogP) is 13.2. The van der Waals surface area contributed by atoms with Crippen molar-refractivity contribution in [2.24, 2.45) is 0 Å². The fourth-order valence-electron chi connectivity index (χ4n) is 5.66. The van der Waals surface area contributed by atoms with E-state index >= 15 is 0 Å². The Labute approximate surface area is 309 Å². The molecular weight excluding hydrogens is 620 g/mol. The number of aliphatic hydroxyl groups excluding tert-OH is 1. The summed E-state index contributed by atoms with van der Waals surface area (Å²) < 4.78 is 10.6. The lowest BCUT2D eigenvalue weighted by Crippen LogP contribution is -2.28. The first-order chi connectivity index (χ1) is 24.6. The van der Waals surface area contributed by atoms with Crippen molar-refractivity contribution in [3.8, 4) is 0 Å². The molecule has 5 heteroatoms. The van der Waals surface area contributed by atoms with Gasteiger partial charge >= 0.3 is 11.9 Å². The maximum atomic E-state index is 12.2. The van der Waals surface area contributed by atoms with Gasteiger partial charge < -0.3 is 14.6 Å². The lowest BCUT2D eigenvalue weighted by atomic mass is 10.1. The van der Waals surface area contributed by atoms with Crippen LogP contribution in [0.1, 0.15) is 194 Å². The first-order valence-electron chi connectivity index (χ1n) is 20.8. The average Bonchev–Trinajstić information content (AvgIpc) is 3.12. The Morgan fingerprint density at radius 3 is 1.30 bits per heavy atom. The number of rotatable bonds is 37. The Morgan fingerprint density at radius 2 is 0.860 bits per heavy atom. The van der Waals surface area contributed by atoms with E-state index < -0.39 is 6.10 Å². The number of hydrogen-bond acceptors (Lipinski definition) is 5. The highest BCUT2D eigenvalue weighted by Crippen LogP contribution is 2.13. The van der Waals surface area contributed by atoms with Gasteiger partial charge in [-0.2, -0.15) is 0 Å². The lowest BCUT2D eigenvalue weighted by Gasteiger charge is -2.15. The number of aliphatic hydroxyl groups is 1. The second-order valence-corrected chi connectivity index (χ2v) is 13.7. The summed E-state index contributed by atoms with van der Waals surface area (Å²) in [6.07, 6.45) is 52.8. The second kappa shape index (κ2) is 41.0. The van der Waals surface area contributed by atoms with Crippen LogP contribution in [0.2, 0.25) is 0 Å². The number of unbranched alkanes of at least 4 members (excludes halogenated alkanes) is 19. The number of ether oxygens (including phenoxy) is 2. The van der Waals surface area contributed by atoms with Gasteiger partial charge in [-0.05, 0) is 77.0 Å². The third-order valence-corrected chi connectivity index (χ3v) is 8.80. The van der Waals surface area contributed by atoms with Crippen molar-refractivity contribution in [1.29, 1.82) is 0 Å². The van der Waals surface area contributed by atoms with E-state index in [1.165, 1.54) is 96.3 Å². The molecule has 1 atom stereocenters. The number of allylic oxidation sites excluding steroid dienone is 10. The molecule has 0 amide bonds. The van der Waals surface area contributed by atoms with Gasteiger partial charge in [0.25, 0.3) is 0 Å². The van der Waals surface area contributed by atoms with Crippen LogP contribution >= 0.6 is 0 Å². The number of esters is 2. The monoisotopic (exact) mass is 699 g/mol. The molecule has 0 spiro atoms. The van der Waals surface area contributed by atoms with Gasteiger partial charge in [0.1, 0.15) is 6.61 Å². The SMILES string of the molecule is CC/C=C\C/C=C\C/C=C\CCCCCCCCCC(=O)OC(CO)COC(=O)CCCCCCCCCCC/C=C\C/C=C\CCCCC. The molecule has 0 radical (unpaired) electrons. The van der Waals surface area contributed by atoms with Crippen LogP contribution in [0.3, 0.4) is 0 Å². The highest BCUT2D eigenvalue weighted by Gasteiger charge is 2.16. The molecule has 0 aromatic rings. The lowest BCUT2D eigenvalue weighted by molar-refractivity contribution is -0.161. The minimum atomic E-state index is -0.780. The Morgan fingerprint density at radius 1 is 0.480 bits per heavy atom. The van der Waals surface area contributed by atoms with Crippen molar-refractivity contribution in [2.45, 2.75) is 200 Å². The van der Waals surface area contributed by atoms with E-state index in [4.69, 9.17) is 9.47 Å². The van der Waals surface area contributed by atoms with Gasteiger partial charge in [0.05, 0.1) is 6.61 Å². The maximum Gasteiger partial charge on any atom is 0.306 e. The fraction of sp³-hybridized carbons (Fsp3) is 0.733. The molecule has 0 heterocycles. The van der Waals surface area contributed by atoms with E-state index in [0.717, 1.165) is 70.6 Å². The Bertz CT molecular complexity index is 884. The molecule has 0 aromatic heterocycles. The van der Waals surface area contributed by atoms with Crippen LogP contribution in [0.4, 0.5) is 0 Å². The van der Waals surface area contributed by atoms with Crippen LogP contribution in [0.5, 0.6) is 0 Å². The summed E-state index contributed by atoms with van der Waals surface area (Å²) in [6, 6.07) is 0. The fourth-order valence-corrected chi connectivity index (χ4v) is 5.66. The molecule has 50 heavy (non-hydrogen) atoms. The molecule has 0 fully saturated rings. The molecule has 0 aromatic carbocycles. The molecule has 5 nitrogen and oxygen atoms in total. The molecule has 0 bridgehead atoms. The first-order valence-corrected chi connectivity index (χ1v) is 20.8.